The third-order valence-corrected chi connectivity index (χ3v) is 3.13. The second-order valence-electron chi connectivity index (χ2n) is 5.24. The Balaban J connectivity index is 1.89. The summed E-state index contributed by atoms with van der Waals surface area (Å²) in [5.74, 6) is -0.604. The van der Waals surface area contributed by atoms with Crippen LogP contribution < -0.4 is 16.0 Å². The van der Waals surface area contributed by atoms with Crippen molar-refractivity contribution in [1.82, 2.24) is 0 Å². The van der Waals surface area contributed by atoms with Gasteiger partial charge in [-0.05, 0) is 42.5 Å². The lowest BCUT2D eigenvalue weighted by Gasteiger charge is -2.10. The maximum Gasteiger partial charge on any atom is 0.416 e. The molecule has 0 atom stereocenters. The molecule has 2 rings (SSSR count). The molecule has 0 aliphatic carbocycles. The Labute approximate surface area is 142 Å². The fraction of sp³-hybridized carbons (Fsp3) is 0.176. The van der Waals surface area contributed by atoms with Gasteiger partial charge in [-0.1, -0.05) is 6.07 Å². The summed E-state index contributed by atoms with van der Waals surface area (Å²) in [5.41, 5.74) is 0.680. The van der Waals surface area contributed by atoms with Crippen LogP contribution in [0.5, 0.6) is 0 Å². The minimum Gasteiger partial charge on any atom is -0.376 e. The highest BCUT2D eigenvalue weighted by Gasteiger charge is 2.29. The molecule has 0 unspecified atom stereocenters. The number of anilines is 3. The molecule has 132 valence electrons. The largest absolute Gasteiger partial charge is 0.416 e. The predicted octanol–water partition coefficient (Wildman–Crippen LogP) is 3.71. The van der Waals surface area contributed by atoms with Gasteiger partial charge in [-0.25, -0.2) is 0 Å². The highest BCUT2D eigenvalue weighted by Crippen LogP contribution is 2.29. The van der Waals surface area contributed by atoms with Gasteiger partial charge < -0.3 is 16.0 Å². The van der Waals surface area contributed by atoms with Crippen LogP contribution in [0.4, 0.5) is 30.2 Å². The van der Waals surface area contributed by atoms with Crippen LogP contribution in [0.25, 0.3) is 0 Å². The van der Waals surface area contributed by atoms with Crippen molar-refractivity contribution >= 4 is 28.9 Å². The molecule has 0 heterocycles. The lowest BCUT2D eigenvalue weighted by Crippen LogP contribution is -2.21. The summed E-state index contributed by atoms with van der Waals surface area (Å²) in [5, 5.41) is 7.97. The lowest BCUT2D eigenvalue weighted by atomic mass is 10.2. The zero-order valence-electron chi connectivity index (χ0n) is 13.3. The van der Waals surface area contributed by atoms with Crippen molar-refractivity contribution in [2.24, 2.45) is 0 Å². The van der Waals surface area contributed by atoms with Gasteiger partial charge >= 0.3 is 6.18 Å². The Hall–Kier alpha value is -3.03. The van der Waals surface area contributed by atoms with E-state index in [9.17, 15) is 22.8 Å². The minimum atomic E-state index is -4.39. The third kappa shape index (κ3) is 5.83. The first kappa shape index (κ1) is 18.3. The zero-order valence-corrected chi connectivity index (χ0v) is 13.3. The van der Waals surface area contributed by atoms with Crippen LogP contribution in [0.2, 0.25) is 0 Å². The van der Waals surface area contributed by atoms with Crippen molar-refractivity contribution in [3.63, 3.8) is 0 Å². The minimum absolute atomic E-state index is 0.115. The Morgan fingerprint density at radius 1 is 0.920 bits per heavy atom. The molecule has 0 saturated heterocycles. The summed E-state index contributed by atoms with van der Waals surface area (Å²) in [7, 11) is 0. The summed E-state index contributed by atoms with van der Waals surface area (Å²) in [4.78, 5) is 22.9. The van der Waals surface area contributed by atoms with E-state index in [0.29, 0.717) is 17.1 Å². The normalized spacial score (nSPS) is 10.9. The average Bonchev–Trinajstić information content (AvgIpc) is 2.52. The van der Waals surface area contributed by atoms with E-state index in [4.69, 9.17) is 0 Å². The van der Waals surface area contributed by atoms with Crippen LogP contribution in [-0.2, 0) is 15.8 Å². The van der Waals surface area contributed by atoms with Gasteiger partial charge in [0.05, 0.1) is 12.1 Å². The van der Waals surface area contributed by atoms with Crippen molar-refractivity contribution in [3.05, 3.63) is 54.1 Å². The van der Waals surface area contributed by atoms with E-state index in [1.54, 1.807) is 24.3 Å². The van der Waals surface area contributed by atoms with E-state index in [2.05, 4.69) is 16.0 Å². The maximum atomic E-state index is 12.5. The van der Waals surface area contributed by atoms with Gasteiger partial charge in [-0.15, -0.1) is 0 Å². The first-order valence-electron chi connectivity index (χ1n) is 7.33. The Kier molecular flexibility index (Phi) is 5.63. The van der Waals surface area contributed by atoms with E-state index >= 15 is 0 Å². The molecule has 2 aromatic rings. The molecule has 25 heavy (non-hydrogen) atoms. The van der Waals surface area contributed by atoms with Gasteiger partial charge in [0.1, 0.15) is 0 Å². The molecule has 0 bridgehead atoms. The van der Waals surface area contributed by atoms with Crippen LogP contribution in [0.1, 0.15) is 12.5 Å². The van der Waals surface area contributed by atoms with E-state index < -0.39 is 11.7 Å². The number of carbonyl (C=O) groups excluding carboxylic acids is 2. The summed E-state index contributed by atoms with van der Waals surface area (Å²) >= 11 is 0. The fourth-order valence-electron chi connectivity index (χ4n) is 2.04. The van der Waals surface area contributed by atoms with Gasteiger partial charge in [0, 0.05) is 24.0 Å². The SMILES string of the molecule is CC(=O)Nc1cccc(NC(=O)CNc2ccc(C(F)(F)F)cc2)c1. The molecule has 0 aromatic heterocycles. The maximum absolute atomic E-state index is 12.5. The summed E-state index contributed by atoms with van der Waals surface area (Å²) in [6, 6.07) is 11.0. The van der Waals surface area contributed by atoms with Crippen LogP contribution in [0.3, 0.4) is 0 Å². The van der Waals surface area contributed by atoms with Gasteiger partial charge in [-0.2, -0.15) is 13.2 Å². The second kappa shape index (κ2) is 7.69. The predicted molar refractivity (Wildman–Crippen MR) is 89.3 cm³/mol. The first-order chi connectivity index (χ1) is 11.7. The smallest absolute Gasteiger partial charge is 0.376 e. The van der Waals surface area contributed by atoms with Crippen LogP contribution in [-0.4, -0.2) is 18.4 Å². The number of halogens is 3. The van der Waals surface area contributed by atoms with Crippen LogP contribution in [0, 0.1) is 0 Å². The first-order valence-corrected chi connectivity index (χ1v) is 7.33. The van der Waals surface area contributed by atoms with Crippen molar-refractivity contribution in [2.75, 3.05) is 22.5 Å². The number of benzene rings is 2. The number of alkyl halides is 3. The van der Waals surface area contributed by atoms with Crippen molar-refractivity contribution in [1.29, 1.82) is 0 Å². The molecule has 0 saturated carbocycles. The van der Waals surface area contributed by atoms with Crippen molar-refractivity contribution in [2.45, 2.75) is 13.1 Å². The summed E-state index contributed by atoms with van der Waals surface area (Å²) in [6.07, 6.45) is -4.39. The zero-order chi connectivity index (χ0) is 18.4. The lowest BCUT2D eigenvalue weighted by molar-refractivity contribution is -0.137. The molecule has 3 N–H and O–H groups in total. The molecule has 5 nitrogen and oxygen atoms in total. The number of carbonyl (C=O) groups is 2. The van der Waals surface area contributed by atoms with Gasteiger partial charge in [0.25, 0.3) is 0 Å². The average molecular weight is 351 g/mol. The molecule has 0 spiro atoms. The van der Waals surface area contributed by atoms with Gasteiger partial charge in [-0.3, -0.25) is 9.59 Å². The third-order valence-electron chi connectivity index (χ3n) is 3.13. The fourth-order valence-corrected chi connectivity index (χ4v) is 2.04. The second-order valence-corrected chi connectivity index (χ2v) is 5.24. The van der Waals surface area contributed by atoms with E-state index in [1.165, 1.54) is 19.1 Å². The standard InChI is InChI=1S/C17H16F3N3O2/c1-11(24)22-14-3-2-4-15(9-14)23-16(25)10-21-13-7-5-12(6-8-13)17(18,19)20/h2-9,21H,10H2,1H3,(H,22,24)(H,23,25). The van der Waals surface area contributed by atoms with Crippen LogP contribution >= 0.6 is 0 Å². The number of nitrogens with one attached hydrogen (secondary N) is 3. The van der Waals surface area contributed by atoms with Gasteiger partial charge in [0.15, 0.2) is 0 Å². The summed E-state index contributed by atoms with van der Waals surface area (Å²) < 4.78 is 37.4. The molecular weight excluding hydrogens is 335 g/mol. The Morgan fingerprint density at radius 2 is 1.52 bits per heavy atom. The Bertz CT molecular complexity index is 758. The monoisotopic (exact) mass is 351 g/mol. The molecule has 8 heteroatoms. The molecule has 0 aliphatic heterocycles. The van der Waals surface area contributed by atoms with E-state index in [0.717, 1.165) is 12.1 Å². The Morgan fingerprint density at radius 3 is 2.08 bits per heavy atom. The van der Waals surface area contributed by atoms with Crippen molar-refractivity contribution < 1.29 is 22.8 Å². The molecule has 0 radical (unpaired) electrons. The summed E-state index contributed by atoms with van der Waals surface area (Å²) in [6.45, 7) is 1.26. The molecule has 2 amide bonds. The van der Waals surface area contributed by atoms with Crippen LogP contribution in [0.15, 0.2) is 48.5 Å². The highest BCUT2D eigenvalue weighted by molar-refractivity contribution is 5.95. The molecular formula is C17H16F3N3O2. The van der Waals surface area contributed by atoms with Crippen molar-refractivity contribution in [3.8, 4) is 0 Å². The molecule has 0 aliphatic rings. The number of rotatable bonds is 5. The van der Waals surface area contributed by atoms with E-state index in [1.807, 2.05) is 0 Å². The number of hydrogen-bond acceptors (Lipinski definition) is 3. The topological polar surface area (TPSA) is 70.2 Å². The van der Waals surface area contributed by atoms with E-state index in [-0.39, 0.29) is 18.4 Å². The quantitative estimate of drug-likeness (QED) is 0.769. The number of amides is 2. The molecule has 0 fully saturated rings. The highest BCUT2D eigenvalue weighted by atomic mass is 19.4. The number of hydrogen-bond donors (Lipinski definition) is 3. The van der Waals surface area contributed by atoms with Gasteiger partial charge in [0.2, 0.25) is 11.8 Å². The molecule has 2 aromatic carbocycles.